The van der Waals surface area contributed by atoms with Gasteiger partial charge in [-0.25, -0.2) is 23.7 Å². The first kappa shape index (κ1) is 22.5. The molecule has 4 aromatic rings. The number of halogens is 3. The quantitative estimate of drug-likeness (QED) is 0.384. The summed E-state index contributed by atoms with van der Waals surface area (Å²) in [6, 6.07) is 6.58. The summed E-state index contributed by atoms with van der Waals surface area (Å²) in [6.45, 7) is 6.99. The minimum Gasteiger partial charge on any atom is -0.370 e. The summed E-state index contributed by atoms with van der Waals surface area (Å²) in [5.74, 6) is -1.89. The second-order valence-corrected chi connectivity index (χ2v) is 8.60. The van der Waals surface area contributed by atoms with Crippen LogP contribution in [0.2, 0.25) is 5.02 Å². The van der Waals surface area contributed by atoms with E-state index in [0.717, 1.165) is 11.3 Å². The summed E-state index contributed by atoms with van der Waals surface area (Å²) in [7, 11) is 0. The summed E-state index contributed by atoms with van der Waals surface area (Å²) in [4.78, 5) is 24.6. The van der Waals surface area contributed by atoms with Crippen LogP contribution in [0.5, 0.6) is 0 Å². The van der Waals surface area contributed by atoms with Crippen LogP contribution in [0.4, 0.5) is 14.7 Å². The predicted molar refractivity (Wildman–Crippen MR) is 125 cm³/mol. The minimum absolute atomic E-state index is 0.0531. The number of fused-ring (bicyclic) bond motifs is 1. The lowest BCUT2D eigenvalue weighted by Gasteiger charge is -2.33. The highest BCUT2D eigenvalue weighted by atomic mass is 35.5. The summed E-state index contributed by atoms with van der Waals surface area (Å²) in [6.07, 6.45) is 1.53. The van der Waals surface area contributed by atoms with E-state index in [4.69, 9.17) is 16.3 Å². The molecule has 3 aromatic heterocycles. The van der Waals surface area contributed by atoms with E-state index in [1.54, 1.807) is 13.1 Å². The van der Waals surface area contributed by atoms with Gasteiger partial charge in [-0.2, -0.15) is 4.98 Å². The van der Waals surface area contributed by atoms with Gasteiger partial charge in [0.1, 0.15) is 17.3 Å². The molecule has 1 unspecified atom stereocenters. The number of aryl methyl sites for hydroxylation is 3. The van der Waals surface area contributed by atoms with Gasteiger partial charge in [0.05, 0.1) is 29.6 Å². The van der Waals surface area contributed by atoms with E-state index in [0.29, 0.717) is 48.2 Å². The molecule has 174 valence electrons. The number of rotatable bonds is 3. The Bertz CT molecular complexity index is 1420. The zero-order chi connectivity index (χ0) is 24.0. The molecule has 4 heterocycles. The molecular weight excluding hydrogens is 462 g/mol. The highest BCUT2D eigenvalue weighted by Gasteiger charge is 2.27. The molecule has 0 amide bonds. The molecule has 0 bridgehead atoms. The van der Waals surface area contributed by atoms with E-state index in [1.807, 2.05) is 30.9 Å². The first-order valence-corrected chi connectivity index (χ1v) is 11.2. The molecule has 10 heteroatoms. The van der Waals surface area contributed by atoms with Gasteiger partial charge in [0.15, 0.2) is 17.3 Å². The number of morpholine rings is 1. The molecule has 1 aliphatic heterocycles. The molecule has 0 saturated carbocycles. The number of benzene rings is 1. The average Bonchev–Trinajstić information content (AvgIpc) is 2.83. The van der Waals surface area contributed by atoms with Crippen molar-refractivity contribution in [2.75, 3.05) is 24.6 Å². The van der Waals surface area contributed by atoms with Crippen molar-refractivity contribution in [3.8, 4) is 11.3 Å². The maximum Gasteiger partial charge on any atom is 0.228 e. The summed E-state index contributed by atoms with van der Waals surface area (Å²) < 4.78 is 35.3. The summed E-state index contributed by atoms with van der Waals surface area (Å²) >= 11 is 5.77. The van der Waals surface area contributed by atoms with Crippen molar-refractivity contribution in [1.82, 2.24) is 24.9 Å². The fourth-order valence-corrected chi connectivity index (χ4v) is 4.09. The fourth-order valence-electron chi connectivity index (χ4n) is 3.94. The number of hydrogen-bond donors (Lipinski definition) is 0. The van der Waals surface area contributed by atoms with Crippen LogP contribution in [0.1, 0.15) is 28.7 Å². The van der Waals surface area contributed by atoms with Crippen LogP contribution in [0.15, 0.2) is 30.5 Å². The molecular formula is C24H21ClF2N6O. The van der Waals surface area contributed by atoms with Gasteiger partial charge in [0.2, 0.25) is 5.95 Å². The van der Waals surface area contributed by atoms with Crippen LogP contribution in [-0.4, -0.2) is 44.6 Å². The van der Waals surface area contributed by atoms with E-state index >= 15 is 0 Å². The first-order valence-electron chi connectivity index (χ1n) is 10.8. The first-order chi connectivity index (χ1) is 16.3. The van der Waals surface area contributed by atoms with Crippen molar-refractivity contribution in [1.29, 1.82) is 0 Å². The number of hydrogen-bond acceptors (Lipinski definition) is 7. The van der Waals surface area contributed by atoms with Crippen molar-refractivity contribution in [2.45, 2.75) is 26.9 Å². The zero-order valence-electron chi connectivity index (χ0n) is 18.8. The average molecular weight is 483 g/mol. The number of pyridine rings is 1. The van der Waals surface area contributed by atoms with E-state index in [9.17, 15) is 8.78 Å². The topological polar surface area (TPSA) is 76.9 Å². The Morgan fingerprint density at radius 1 is 1.00 bits per heavy atom. The predicted octanol–water partition coefficient (Wildman–Crippen LogP) is 4.92. The van der Waals surface area contributed by atoms with E-state index in [-0.39, 0.29) is 22.4 Å². The summed E-state index contributed by atoms with van der Waals surface area (Å²) in [5.41, 5.74) is 3.94. The Kier molecular flexibility index (Phi) is 5.83. The number of anilines is 1. The zero-order valence-corrected chi connectivity index (χ0v) is 19.6. The third-order valence-corrected chi connectivity index (χ3v) is 6.15. The van der Waals surface area contributed by atoms with Crippen molar-refractivity contribution < 1.29 is 13.5 Å². The van der Waals surface area contributed by atoms with Gasteiger partial charge in [-0.05, 0) is 50.6 Å². The van der Waals surface area contributed by atoms with Crippen LogP contribution in [0, 0.1) is 32.4 Å². The van der Waals surface area contributed by atoms with Gasteiger partial charge >= 0.3 is 0 Å². The normalized spacial score (nSPS) is 16.3. The molecule has 0 spiro atoms. The largest absolute Gasteiger partial charge is 0.370 e. The van der Waals surface area contributed by atoms with Gasteiger partial charge < -0.3 is 9.64 Å². The maximum absolute atomic E-state index is 14.9. The van der Waals surface area contributed by atoms with Crippen molar-refractivity contribution >= 4 is 28.7 Å². The lowest BCUT2D eigenvalue weighted by atomic mass is 10.1. The van der Waals surface area contributed by atoms with Crippen LogP contribution in [-0.2, 0) is 4.74 Å². The molecule has 1 fully saturated rings. The van der Waals surface area contributed by atoms with E-state index in [1.165, 1.54) is 12.1 Å². The molecule has 0 N–H and O–H groups in total. The third-order valence-electron chi connectivity index (χ3n) is 5.86. The Morgan fingerprint density at radius 2 is 1.79 bits per heavy atom. The summed E-state index contributed by atoms with van der Waals surface area (Å²) in [5, 5.41) is -0.304. The monoisotopic (exact) mass is 482 g/mol. The van der Waals surface area contributed by atoms with Gasteiger partial charge in [-0.3, -0.25) is 4.98 Å². The highest BCUT2D eigenvalue weighted by Crippen LogP contribution is 2.33. The molecule has 5 rings (SSSR count). The minimum atomic E-state index is -1.14. The van der Waals surface area contributed by atoms with Gasteiger partial charge in [-0.1, -0.05) is 11.6 Å². The Morgan fingerprint density at radius 3 is 2.59 bits per heavy atom. The van der Waals surface area contributed by atoms with Crippen LogP contribution >= 0.6 is 11.6 Å². The second kappa shape index (κ2) is 8.81. The molecule has 1 saturated heterocycles. The van der Waals surface area contributed by atoms with Gasteiger partial charge in [0.25, 0.3) is 0 Å². The van der Waals surface area contributed by atoms with Crippen molar-refractivity contribution in [3.05, 3.63) is 69.8 Å². The lowest BCUT2D eigenvalue weighted by molar-refractivity contribution is 0.0391. The van der Waals surface area contributed by atoms with Crippen LogP contribution < -0.4 is 4.90 Å². The molecule has 1 aromatic carbocycles. The number of nitrogens with zero attached hydrogens (tertiary/aromatic N) is 6. The highest BCUT2D eigenvalue weighted by molar-refractivity contribution is 6.30. The molecule has 1 aliphatic rings. The number of ether oxygens (including phenoxy) is 1. The number of aromatic nitrogens is 5. The SMILES string of the molecule is Cc1cc(C2CN(c3nc(-c4ccc(Cl)c(F)c4F)c4nc(C)c(C)nc4n3)CCO2)ccn1. The maximum atomic E-state index is 14.9. The Balaban J connectivity index is 1.64. The molecule has 1 atom stereocenters. The fraction of sp³-hybridized carbons (Fsp3) is 0.292. The van der Waals surface area contributed by atoms with Crippen molar-refractivity contribution in [2.24, 2.45) is 0 Å². The third kappa shape index (κ3) is 4.05. The standard InChI is InChI=1S/C24H21ClF2N6O/c1-12-10-15(6-7-28-12)18-11-33(8-9-34-18)24-31-21(16-4-5-17(25)20(27)19(16)26)22-23(32-24)30-14(3)13(2)29-22/h4-7,10,18H,8-9,11H2,1-3H3. The van der Waals surface area contributed by atoms with E-state index in [2.05, 4.69) is 24.9 Å². The van der Waals surface area contributed by atoms with Crippen LogP contribution in [0.25, 0.3) is 22.4 Å². The molecule has 0 radical (unpaired) electrons. The van der Waals surface area contributed by atoms with Crippen LogP contribution in [0.3, 0.4) is 0 Å². The van der Waals surface area contributed by atoms with Gasteiger partial charge in [0, 0.05) is 24.0 Å². The van der Waals surface area contributed by atoms with E-state index < -0.39 is 11.6 Å². The molecule has 0 aliphatic carbocycles. The Hall–Kier alpha value is -3.30. The van der Waals surface area contributed by atoms with Crippen molar-refractivity contribution in [3.63, 3.8) is 0 Å². The Labute approximate surface area is 199 Å². The molecule has 7 nitrogen and oxygen atoms in total. The van der Waals surface area contributed by atoms with Gasteiger partial charge in [-0.15, -0.1) is 0 Å². The lowest BCUT2D eigenvalue weighted by Crippen LogP contribution is -2.39. The smallest absolute Gasteiger partial charge is 0.228 e. The second-order valence-electron chi connectivity index (χ2n) is 8.20. The molecule has 34 heavy (non-hydrogen) atoms.